The predicted octanol–water partition coefficient (Wildman–Crippen LogP) is 1.59. The number of alkyl halides is 3. The van der Waals surface area contributed by atoms with Crippen LogP contribution < -0.4 is 21.1 Å². The maximum Gasteiger partial charge on any atom is 0.405 e. The summed E-state index contributed by atoms with van der Waals surface area (Å²) in [5.41, 5.74) is 6.07. The molecule has 0 heterocycles. The van der Waals surface area contributed by atoms with Crippen molar-refractivity contribution in [2.45, 2.75) is 19.5 Å². The summed E-state index contributed by atoms with van der Waals surface area (Å²) in [5, 5.41) is 3.87. The Balaban J connectivity index is 2.52. The summed E-state index contributed by atoms with van der Waals surface area (Å²) < 4.78 is 41.3. The highest BCUT2D eigenvalue weighted by Crippen LogP contribution is 2.15. The fourth-order valence-electron chi connectivity index (χ4n) is 1.91. The summed E-state index contributed by atoms with van der Waals surface area (Å²) in [6.07, 6.45) is -4.25. The first-order valence-electron chi connectivity index (χ1n) is 7.30. The fourth-order valence-corrected chi connectivity index (χ4v) is 1.91. The molecule has 1 aromatic rings. The zero-order valence-corrected chi connectivity index (χ0v) is 13.2. The quantitative estimate of drug-likeness (QED) is 0.667. The number of benzene rings is 1. The normalized spacial score (nSPS) is 12.3. The fraction of sp³-hybridized carbons (Fsp3) is 0.467. The van der Waals surface area contributed by atoms with Gasteiger partial charge < -0.3 is 21.1 Å². The van der Waals surface area contributed by atoms with Gasteiger partial charge in [-0.2, -0.15) is 13.2 Å². The van der Waals surface area contributed by atoms with E-state index < -0.39 is 30.6 Å². The van der Waals surface area contributed by atoms with Gasteiger partial charge >= 0.3 is 12.2 Å². The lowest BCUT2D eigenvalue weighted by Gasteiger charge is -2.15. The van der Waals surface area contributed by atoms with E-state index >= 15 is 0 Å². The molecule has 0 saturated heterocycles. The summed E-state index contributed by atoms with van der Waals surface area (Å²) in [6.45, 7) is 0.776. The maximum absolute atomic E-state index is 12.0. The van der Waals surface area contributed by atoms with E-state index in [0.29, 0.717) is 12.4 Å². The van der Waals surface area contributed by atoms with Gasteiger partial charge in [-0.15, -0.1) is 0 Å². The Bertz CT molecular complexity index is 547. The predicted molar refractivity (Wildman–Crippen MR) is 81.5 cm³/mol. The van der Waals surface area contributed by atoms with Crippen molar-refractivity contribution < 1.29 is 27.5 Å². The summed E-state index contributed by atoms with van der Waals surface area (Å²) in [5.74, 6) is -0.707. The number of hydrogen-bond donors (Lipinski definition) is 3. The monoisotopic (exact) mass is 347 g/mol. The van der Waals surface area contributed by atoms with Gasteiger partial charge in [0.2, 0.25) is 5.91 Å². The molecule has 0 fully saturated rings. The van der Waals surface area contributed by atoms with Crippen molar-refractivity contribution in [1.82, 2.24) is 10.6 Å². The molecule has 3 amide bonds. The lowest BCUT2D eigenvalue weighted by molar-refractivity contribution is -0.123. The molecule has 0 bridgehead atoms. The number of carbonyl (C=O) groups is 2. The molecule has 134 valence electrons. The summed E-state index contributed by atoms with van der Waals surface area (Å²) in [4.78, 5) is 22.7. The molecule has 0 aliphatic rings. The van der Waals surface area contributed by atoms with Crippen LogP contribution in [0.4, 0.5) is 18.0 Å². The minimum absolute atomic E-state index is 0.160. The molecule has 0 radical (unpaired) electrons. The smallest absolute Gasteiger partial charge is 0.405 e. The van der Waals surface area contributed by atoms with E-state index in [2.05, 4.69) is 5.32 Å². The first kappa shape index (κ1) is 19.6. The van der Waals surface area contributed by atoms with Crippen LogP contribution in [0, 0.1) is 5.92 Å². The van der Waals surface area contributed by atoms with E-state index in [-0.39, 0.29) is 13.0 Å². The number of nitrogens with two attached hydrogens (primary N) is 1. The van der Waals surface area contributed by atoms with Crippen LogP contribution in [-0.4, -0.2) is 37.8 Å². The van der Waals surface area contributed by atoms with E-state index in [1.165, 1.54) is 0 Å². The zero-order chi connectivity index (χ0) is 18.2. The molecule has 1 rings (SSSR count). The number of hydrogen-bond acceptors (Lipinski definition) is 3. The van der Waals surface area contributed by atoms with Crippen molar-refractivity contribution >= 4 is 11.9 Å². The van der Waals surface area contributed by atoms with Crippen LogP contribution in [0.1, 0.15) is 12.5 Å². The van der Waals surface area contributed by atoms with E-state index in [0.717, 1.165) is 5.56 Å². The van der Waals surface area contributed by atoms with E-state index in [4.69, 9.17) is 10.5 Å². The van der Waals surface area contributed by atoms with Crippen molar-refractivity contribution in [2.75, 3.05) is 19.7 Å². The number of primary amides is 1. The maximum atomic E-state index is 12.0. The van der Waals surface area contributed by atoms with Crippen molar-refractivity contribution in [3.63, 3.8) is 0 Å². The lowest BCUT2D eigenvalue weighted by Crippen LogP contribution is -2.44. The van der Waals surface area contributed by atoms with Crippen molar-refractivity contribution in [2.24, 2.45) is 11.7 Å². The molecule has 0 spiro atoms. The molecule has 0 aromatic heterocycles. The Labute approximate surface area is 137 Å². The Morgan fingerprint density at radius 2 is 1.83 bits per heavy atom. The molecule has 6 nitrogen and oxygen atoms in total. The van der Waals surface area contributed by atoms with Gasteiger partial charge in [0.25, 0.3) is 0 Å². The largest absolute Gasteiger partial charge is 0.494 e. The van der Waals surface area contributed by atoms with E-state index in [1.54, 1.807) is 29.6 Å². The zero-order valence-electron chi connectivity index (χ0n) is 13.2. The van der Waals surface area contributed by atoms with Gasteiger partial charge in [-0.3, -0.25) is 4.79 Å². The minimum Gasteiger partial charge on any atom is -0.494 e. The van der Waals surface area contributed by atoms with Crippen LogP contribution in [-0.2, 0) is 11.2 Å². The third-order valence-electron chi connectivity index (χ3n) is 3.08. The van der Waals surface area contributed by atoms with Crippen LogP contribution in [0.15, 0.2) is 24.3 Å². The van der Waals surface area contributed by atoms with Gasteiger partial charge in [-0.25, -0.2) is 4.79 Å². The van der Waals surface area contributed by atoms with E-state index in [9.17, 15) is 22.8 Å². The highest BCUT2D eigenvalue weighted by molar-refractivity contribution is 5.79. The van der Waals surface area contributed by atoms with Crippen LogP contribution in [0.2, 0.25) is 0 Å². The Hall–Kier alpha value is -2.45. The summed E-state index contributed by atoms with van der Waals surface area (Å²) >= 11 is 0. The molecule has 0 aliphatic heterocycles. The third kappa shape index (κ3) is 7.70. The molecule has 0 saturated carbocycles. The standard InChI is InChI=1S/C15H20F3N3O3/c1-2-24-12-5-3-10(4-6-12)7-11(13(19)22)8-20-14(23)21-9-15(16,17)18/h3-6,11H,2,7-9H2,1H3,(H2,19,22)(H2,20,21,23)/t11-/m0/s1. The van der Waals surface area contributed by atoms with Gasteiger partial charge in [0.1, 0.15) is 12.3 Å². The molecular formula is C15H20F3N3O3. The van der Waals surface area contributed by atoms with Crippen LogP contribution >= 0.6 is 0 Å². The second-order valence-corrected chi connectivity index (χ2v) is 5.06. The first-order chi connectivity index (χ1) is 11.2. The second-order valence-electron chi connectivity index (χ2n) is 5.06. The van der Waals surface area contributed by atoms with Crippen molar-refractivity contribution in [3.8, 4) is 5.75 Å². The van der Waals surface area contributed by atoms with Gasteiger partial charge in [0.05, 0.1) is 12.5 Å². The number of ether oxygens (including phenoxy) is 1. The highest BCUT2D eigenvalue weighted by atomic mass is 19.4. The number of nitrogens with one attached hydrogen (secondary N) is 2. The molecule has 9 heteroatoms. The summed E-state index contributed by atoms with van der Waals surface area (Å²) in [7, 11) is 0. The molecule has 24 heavy (non-hydrogen) atoms. The highest BCUT2D eigenvalue weighted by Gasteiger charge is 2.28. The van der Waals surface area contributed by atoms with Gasteiger partial charge in [-0.05, 0) is 31.0 Å². The Morgan fingerprint density at radius 3 is 2.33 bits per heavy atom. The number of amides is 3. The second kappa shape index (κ2) is 8.99. The Kier molecular flexibility index (Phi) is 7.34. The number of rotatable bonds is 8. The minimum atomic E-state index is -4.50. The SMILES string of the molecule is CCOc1ccc(C[C@@H](CNC(=O)NCC(F)(F)F)C(N)=O)cc1. The topological polar surface area (TPSA) is 93.4 Å². The van der Waals surface area contributed by atoms with Crippen molar-refractivity contribution in [3.05, 3.63) is 29.8 Å². The number of urea groups is 1. The molecule has 1 aromatic carbocycles. The van der Waals surface area contributed by atoms with Crippen LogP contribution in [0.5, 0.6) is 5.75 Å². The van der Waals surface area contributed by atoms with Crippen LogP contribution in [0.25, 0.3) is 0 Å². The molecular weight excluding hydrogens is 327 g/mol. The van der Waals surface area contributed by atoms with Gasteiger partial charge in [0, 0.05) is 6.54 Å². The van der Waals surface area contributed by atoms with E-state index in [1.807, 2.05) is 6.92 Å². The third-order valence-corrected chi connectivity index (χ3v) is 3.08. The lowest BCUT2D eigenvalue weighted by atomic mass is 9.98. The summed E-state index contributed by atoms with van der Waals surface area (Å²) in [6, 6.07) is 5.97. The number of halogens is 3. The van der Waals surface area contributed by atoms with Gasteiger partial charge in [0.15, 0.2) is 0 Å². The molecule has 0 unspecified atom stereocenters. The molecule has 4 N–H and O–H groups in total. The average molecular weight is 347 g/mol. The van der Waals surface area contributed by atoms with Crippen LogP contribution in [0.3, 0.4) is 0 Å². The molecule has 1 atom stereocenters. The Morgan fingerprint density at radius 1 is 1.21 bits per heavy atom. The van der Waals surface area contributed by atoms with Crippen molar-refractivity contribution in [1.29, 1.82) is 0 Å². The first-order valence-corrected chi connectivity index (χ1v) is 7.30. The average Bonchev–Trinajstić information content (AvgIpc) is 2.50. The van der Waals surface area contributed by atoms with Gasteiger partial charge in [-0.1, -0.05) is 12.1 Å². The number of carbonyl (C=O) groups excluding carboxylic acids is 2. The molecule has 0 aliphatic carbocycles.